The molecule has 3 rings (SSSR count). The number of nitrogens with one attached hydrogen (secondary N) is 1. The van der Waals surface area contributed by atoms with Gasteiger partial charge in [0.15, 0.2) is 0 Å². The summed E-state index contributed by atoms with van der Waals surface area (Å²) in [6.07, 6.45) is 0. The van der Waals surface area contributed by atoms with Crippen molar-refractivity contribution in [2.75, 3.05) is 14.1 Å². The van der Waals surface area contributed by atoms with Crippen LogP contribution < -0.4 is 5.56 Å². The molecular weight excluding hydrogens is 308 g/mol. The number of aromatic amines is 1. The lowest BCUT2D eigenvalue weighted by Crippen LogP contribution is -2.14. The quantitative estimate of drug-likeness (QED) is 0.576. The first-order valence-electron chi connectivity index (χ1n) is 7.54. The summed E-state index contributed by atoms with van der Waals surface area (Å²) in [5, 5.41) is 14.0. The van der Waals surface area contributed by atoms with Crippen LogP contribution in [0, 0.1) is 10.1 Å². The maximum Gasteiger partial charge on any atom is 0.272 e. The summed E-state index contributed by atoms with van der Waals surface area (Å²) in [6.45, 7) is 1.30. The Kier molecular flexibility index (Phi) is 4.18. The number of nitro groups is 1. The van der Waals surface area contributed by atoms with Crippen LogP contribution in [0.4, 0.5) is 5.69 Å². The highest BCUT2D eigenvalue weighted by Crippen LogP contribution is 2.20. The van der Waals surface area contributed by atoms with Crippen LogP contribution in [-0.2, 0) is 13.1 Å². The number of nitro benzene ring substituents is 1. The molecule has 3 aromatic rings. The van der Waals surface area contributed by atoms with E-state index in [1.165, 1.54) is 17.7 Å². The van der Waals surface area contributed by atoms with Crippen molar-refractivity contribution in [3.05, 3.63) is 74.1 Å². The molecule has 0 spiro atoms. The third kappa shape index (κ3) is 3.07. The number of H-pyrrole nitrogens is 1. The molecule has 0 atom stereocenters. The summed E-state index contributed by atoms with van der Waals surface area (Å²) >= 11 is 0. The molecule has 0 fully saturated rings. The molecule has 2 aromatic carbocycles. The molecule has 0 unspecified atom stereocenters. The third-order valence-corrected chi connectivity index (χ3v) is 3.90. The van der Waals surface area contributed by atoms with Crippen LogP contribution in [0.3, 0.4) is 0 Å². The van der Waals surface area contributed by atoms with Crippen LogP contribution >= 0.6 is 0 Å². The van der Waals surface area contributed by atoms with Gasteiger partial charge in [-0.15, -0.1) is 0 Å². The zero-order valence-corrected chi connectivity index (χ0v) is 13.5. The van der Waals surface area contributed by atoms with Crippen molar-refractivity contribution in [1.82, 2.24) is 14.7 Å². The Labute approximate surface area is 138 Å². The van der Waals surface area contributed by atoms with Gasteiger partial charge in [-0.25, -0.2) is 0 Å². The highest BCUT2D eigenvalue weighted by Gasteiger charge is 2.13. The van der Waals surface area contributed by atoms with Gasteiger partial charge in [-0.2, -0.15) is 0 Å². The van der Waals surface area contributed by atoms with E-state index >= 15 is 0 Å². The van der Waals surface area contributed by atoms with Gasteiger partial charge in [0.05, 0.1) is 22.4 Å². The lowest BCUT2D eigenvalue weighted by Gasteiger charge is -2.14. The number of hydrogen-bond donors (Lipinski definition) is 1. The molecule has 1 aromatic heterocycles. The Balaban J connectivity index is 2.03. The molecule has 0 radical (unpaired) electrons. The molecule has 0 aliphatic carbocycles. The molecule has 0 aliphatic rings. The summed E-state index contributed by atoms with van der Waals surface area (Å²) in [7, 11) is 4.01. The Morgan fingerprint density at radius 2 is 1.88 bits per heavy atom. The molecule has 0 saturated carbocycles. The number of aromatic nitrogens is 2. The molecule has 0 aliphatic heterocycles. The molecule has 1 N–H and O–H groups in total. The van der Waals surface area contributed by atoms with Crippen LogP contribution in [0.15, 0.2) is 47.3 Å². The monoisotopic (exact) mass is 326 g/mol. The highest BCUT2D eigenvalue weighted by molar-refractivity contribution is 5.81. The van der Waals surface area contributed by atoms with Gasteiger partial charge in [0.2, 0.25) is 0 Å². The average molecular weight is 326 g/mol. The van der Waals surface area contributed by atoms with E-state index in [2.05, 4.69) is 16.1 Å². The van der Waals surface area contributed by atoms with Gasteiger partial charge in [-0.1, -0.05) is 24.3 Å². The van der Waals surface area contributed by atoms with Gasteiger partial charge >= 0.3 is 0 Å². The van der Waals surface area contributed by atoms with Crippen molar-refractivity contribution in [3.8, 4) is 0 Å². The minimum Gasteiger partial charge on any atom is -0.305 e. The molecule has 0 saturated heterocycles. The predicted molar refractivity (Wildman–Crippen MR) is 92.1 cm³/mol. The largest absolute Gasteiger partial charge is 0.305 e. The minimum absolute atomic E-state index is 0.0845. The number of fused-ring (bicyclic) bond motifs is 1. The van der Waals surface area contributed by atoms with E-state index < -0.39 is 4.92 Å². The second kappa shape index (κ2) is 6.29. The third-order valence-electron chi connectivity index (χ3n) is 3.90. The predicted octanol–water partition coefficient (Wildman–Crippen LogP) is 2.35. The van der Waals surface area contributed by atoms with E-state index in [0.29, 0.717) is 17.4 Å². The SMILES string of the molecule is CN(C)Cc1ccccc1Cn1[nH]c(=O)c2cc([N+](=O)[O-])ccc21. The molecule has 124 valence electrons. The van der Waals surface area contributed by atoms with Gasteiger partial charge in [-0.3, -0.25) is 24.7 Å². The fourth-order valence-corrected chi connectivity index (χ4v) is 2.80. The fourth-order valence-electron chi connectivity index (χ4n) is 2.80. The first-order valence-corrected chi connectivity index (χ1v) is 7.54. The van der Waals surface area contributed by atoms with Gasteiger partial charge in [0.25, 0.3) is 11.2 Å². The molecule has 0 amide bonds. The van der Waals surface area contributed by atoms with Gasteiger partial charge in [0.1, 0.15) is 0 Å². The van der Waals surface area contributed by atoms with Gasteiger partial charge in [-0.05, 0) is 31.3 Å². The van der Waals surface area contributed by atoms with E-state index in [1.807, 2.05) is 32.3 Å². The standard InChI is InChI=1S/C17H18N4O3/c1-19(2)10-12-5-3-4-6-13(12)11-20-16-8-7-14(21(23)24)9-15(16)17(22)18-20/h3-9H,10-11H2,1-2H3,(H,18,22). The van der Waals surface area contributed by atoms with Crippen LogP contribution in [0.2, 0.25) is 0 Å². The van der Waals surface area contributed by atoms with Gasteiger partial charge in [0, 0.05) is 18.7 Å². The smallest absolute Gasteiger partial charge is 0.272 e. The second-order valence-corrected chi connectivity index (χ2v) is 5.99. The maximum atomic E-state index is 12.1. The Bertz CT molecular complexity index is 956. The molecule has 1 heterocycles. The first-order chi connectivity index (χ1) is 11.5. The Morgan fingerprint density at radius 1 is 1.17 bits per heavy atom. The number of nitrogens with zero attached hydrogens (tertiary/aromatic N) is 3. The van der Waals surface area contributed by atoms with E-state index in [9.17, 15) is 14.9 Å². The number of hydrogen-bond acceptors (Lipinski definition) is 4. The Hall–Kier alpha value is -2.93. The second-order valence-electron chi connectivity index (χ2n) is 5.99. The van der Waals surface area contributed by atoms with E-state index in [0.717, 1.165) is 12.1 Å². The summed E-state index contributed by atoms with van der Waals surface area (Å²) in [6, 6.07) is 12.4. The maximum absolute atomic E-state index is 12.1. The van der Waals surface area contributed by atoms with E-state index in [4.69, 9.17) is 0 Å². The lowest BCUT2D eigenvalue weighted by molar-refractivity contribution is -0.384. The summed E-state index contributed by atoms with van der Waals surface area (Å²) in [4.78, 5) is 24.6. The molecule has 7 heteroatoms. The normalized spacial score (nSPS) is 11.3. The topological polar surface area (TPSA) is 84.2 Å². The summed E-state index contributed by atoms with van der Waals surface area (Å²) in [5.74, 6) is 0. The summed E-state index contributed by atoms with van der Waals surface area (Å²) in [5.41, 5.74) is 2.52. The molecular formula is C17H18N4O3. The molecule has 24 heavy (non-hydrogen) atoms. The van der Waals surface area contributed by atoms with Crippen LogP contribution in [0.1, 0.15) is 11.1 Å². The Morgan fingerprint density at radius 3 is 2.54 bits per heavy atom. The van der Waals surface area contributed by atoms with E-state index in [1.54, 1.807) is 10.7 Å². The molecule has 0 bridgehead atoms. The fraction of sp³-hybridized carbons (Fsp3) is 0.235. The zero-order valence-electron chi connectivity index (χ0n) is 13.5. The summed E-state index contributed by atoms with van der Waals surface area (Å²) < 4.78 is 1.73. The highest BCUT2D eigenvalue weighted by atomic mass is 16.6. The van der Waals surface area contributed by atoms with E-state index in [-0.39, 0.29) is 11.2 Å². The van der Waals surface area contributed by atoms with Crippen molar-refractivity contribution in [2.45, 2.75) is 13.1 Å². The number of benzene rings is 2. The number of non-ortho nitro benzene ring substituents is 1. The number of rotatable bonds is 5. The molecule has 7 nitrogen and oxygen atoms in total. The van der Waals surface area contributed by atoms with Crippen molar-refractivity contribution in [2.24, 2.45) is 0 Å². The van der Waals surface area contributed by atoms with Crippen molar-refractivity contribution in [1.29, 1.82) is 0 Å². The first kappa shape index (κ1) is 15.9. The minimum atomic E-state index is -0.497. The van der Waals surface area contributed by atoms with Crippen molar-refractivity contribution >= 4 is 16.6 Å². The van der Waals surface area contributed by atoms with Crippen LogP contribution in [0.5, 0.6) is 0 Å². The van der Waals surface area contributed by atoms with Gasteiger partial charge < -0.3 is 4.90 Å². The van der Waals surface area contributed by atoms with Crippen LogP contribution in [-0.4, -0.2) is 33.7 Å². The lowest BCUT2D eigenvalue weighted by atomic mass is 10.1. The van der Waals surface area contributed by atoms with Crippen LogP contribution in [0.25, 0.3) is 10.9 Å². The average Bonchev–Trinajstić information content (AvgIpc) is 2.84. The van der Waals surface area contributed by atoms with Crippen molar-refractivity contribution < 1.29 is 4.92 Å². The van der Waals surface area contributed by atoms with Crippen molar-refractivity contribution in [3.63, 3.8) is 0 Å². The zero-order chi connectivity index (χ0) is 17.3.